The van der Waals surface area contributed by atoms with Crippen molar-refractivity contribution in [2.75, 3.05) is 39.3 Å². The molecule has 3 nitrogen and oxygen atoms in total. The molecule has 0 atom stereocenters. The third-order valence-electron chi connectivity index (χ3n) is 3.67. The summed E-state index contributed by atoms with van der Waals surface area (Å²) in [5.41, 5.74) is 2.36. The number of hydrogen-bond donors (Lipinski definition) is 1. The van der Waals surface area contributed by atoms with E-state index in [1.54, 1.807) is 0 Å². The van der Waals surface area contributed by atoms with E-state index in [9.17, 15) is 0 Å². The van der Waals surface area contributed by atoms with Gasteiger partial charge in [-0.2, -0.15) is 0 Å². The fourth-order valence-corrected chi connectivity index (χ4v) is 2.63. The molecule has 0 saturated carbocycles. The largest absolute Gasteiger partial charge is 0.359 e. The molecule has 0 aromatic heterocycles. The van der Waals surface area contributed by atoms with Crippen molar-refractivity contribution in [3.63, 3.8) is 0 Å². The van der Waals surface area contributed by atoms with Crippen LogP contribution in [0.3, 0.4) is 0 Å². The second-order valence-corrected chi connectivity index (χ2v) is 6.10. The Balaban J connectivity index is 1.70. The Morgan fingerprint density at radius 1 is 1.23 bits per heavy atom. The summed E-state index contributed by atoms with van der Waals surface area (Å²) in [5, 5.41) is 4.11. The van der Waals surface area contributed by atoms with Gasteiger partial charge < -0.3 is 10.2 Å². The highest BCUT2D eigenvalue weighted by molar-refractivity contribution is 7.80. The molecule has 1 aliphatic rings. The highest BCUT2D eigenvalue weighted by Crippen LogP contribution is 2.05. The molecule has 1 aromatic carbocycles. The van der Waals surface area contributed by atoms with E-state index in [-0.39, 0.29) is 0 Å². The van der Waals surface area contributed by atoms with Gasteiger partial charge in [0.2, 0.25) is 0 Å². The first kappa shape index (κ1) is 16.7. The van der Waals surface area contributed by atoms with Gasteiger partial charge in [-0.3, -0.25) is 4.90 Å². The number of thiocarbonyl (C=S) groups is 1. The van der Waals surface area contributed by atoms with E-state index in [1.165, 1.54) is 5.56 Å². The SMILES string of the molecule is C=C(C)CNC(=S)N1CCN(CC=Cc2ccccc2)CC1. The zero-order valence-corrected chi connectivity index (χ0v) is 14.1. The fraction of sp³-hybridized carbons (Fsp3) is 0.389. The summed E-state index contributed by atoms with van der Waals surface area (Å²) in [4.78, 5) is 4.70. The summed E-state index contributed by atoms with van der Waals surface area (Å²) >= 11 is 5.42. The number of nitrogens with one attached hydrogen (secondary N) is 1. The summed E-state index contributed by atoms with van der Waals surface area (Å²) in [6.45, 7) is 11.7. The van der Waals surface area contributed by atoms with Crippen molar-refractivity contribution in [2.24, 2.45) is 0 Å². The number of rotatable bonds is 5. The van der Waals surface area contributed by atoms with Crippen molar-refractivity contribution in [3.05, 3.63) is 54.1 Å². The van der Waals surface area contributed by atoms with Gasteiger partial charge in [0.1, 0.15) is 0 Å². The van der Waals surface area contributed by atoms with Crippen molar-refractivity contribution >= 4 is 23.4 Å². The molecule has 118 valence electrons. The summed E-state index contributed by atoms with van der Waals surface area (Å²) in [7, 11) is 0. The van der Waals surface area contributed by atoms with Gasteiger partial charge in [-0.15, -0.1) is 0 Å². The summed E-state index contributed by atoms with van der Waals surface area (Å²) < 4.78 is 0. The van der Waals surface area contributed by atoms with Gasteiger partial charge in [-0.25, -0.2) is 0 Å². The standard InChI is InChI=1S/C18H25N3S/c1-16(2)15-19-18(22)21-13-11-20(12-14-21)10-6-9-17-7-4-3-5-8-17/h3-9H,1,10-15H2,2H3,(H,19,22). The van der Waals surface area contributed by atoms with Crippen LogP contribution in [0.4, 0.5) is 0 Å². The van der Waals surface area contributed by atoms with Crippen LogP contribution in [-0.2, 0) is 0 Å². The molecule has 0 radical (unpaired) electrons. The molecule has 0 aliphatic carbocycles. The number of piperazine rings is 1. The van der Waals surface area contributed by atoms with Crippen molar-refractivity contribution in [3.8, 4) is 0 Å². The molecule has 1 fully saturated rings. The highest BCUT2D eigenvalue weighted by Gasteiger charge is 2.17. The Kier molecular flexibility index (Phi) is 6.62. The van der Waals surface area contributed by atoms with Crippen molar-refractivity contribution in [1.82, 2.24) is 15.1 Å². The minimum absolute atomic E-state index is 0.763. The van der Waals surface area contributed by atoms with Gasteiger partial charge in [-0.05, 0) is 24.7 Å². The minimum atomic E-state index is 0.763. The summed E-state index contributed by atoms with van der Waals surface area (Å²) in [5.74, 6) is 0. The lowest BCUT2D eigenvalue weighted by molar-refractivity contribution is 0.197. The first-order valence-corrected chi connectivity index (χ1v) is 8.17. The Morgan fingerprint density at radius 3 is 2.55 bits per heavy atom. The van der Waals surface area contributed by atoms with Crippen LogP contribution >= 0.6 is 12.2 Å². The van der Waals surface area contributed by atoms with Crippen LogP contribution < -0.4 is 5.32 Å². The molecule has 0 amide bonds. The highest BCUT2D eigenvalue weighted by atomic mass is 32.1. The van der Waals surface area contributed by atoms with Crippen LogP contribution in [0.5, 0.6) is 0 Å². The Bertz CT molecular complexity index is 516. The predicted molar refractivity (Wildman–Crippen MR) is 98.9 cm³/mol. The van der Waals surface area contributed by atoms with Crippen LogP contribution in [0, 0.1) is 0 Å². The zero-order chi connectivity index (χ0) is 15.8. The van der Waals surface area contributed by atoms with E-state index in [0.29, 0.717) is 0 Å². The topological polar surface area (TPSA) is 18.5 Å². The van der Waals surface area contributed by atoms with E-state index < -0.39 is 0 Å². The smallest absolute Gasteiger partial charge is 0.169 e. The second-order valence-electron chi connectivity index (χ2n) is 5.72. The Hall–Kier alpha value is -1.65. The van der Waals surface area contributed by atoms with Gasteiger partial charge in [0, 0.05) is 39.3 Å². The maximum atomic E-state index is 5.42. The van der Waals surface area contributed by atoms with Gasteiger partial charge in [-0.1, -0.05) is 54.6 Å². The molecule has 4 heteroatoms. The first-order chi connectivity index (χ1) is 10.6. The number of benzene rings is 1. The molecule has 22 heavy (non-hydrogen) atoms. The molecule has 1 N–H and O–H groups in total. The summed E-state index contributed by atoms with van der Waals surface area (Å²) in [6.07, 6.45) is 4.42. The van der Waals surface area contributed by atoms with E-state index in [1.807, 2.05) is 13.0 Å². The third kappa shape index (κ3) is 5.62. The number of nitrogens with zero attached hydrogens (tertiary/aromatic N) is 2. The van der Waals surface area contributed by atoms with Crippen LogP contribution in [0.2, 0.25) is 0 Å². The summed E-state index contributed by atoms with van der Waals surface area (Å²) in [6, 6.07) is 10.4. The van der Waals surface area contributed by atoms with E-state index in [2.05, 4.69) is 58.1 Å². The van der Waals surface area contributed by atoms with Gasteiger partial charge >= 0.3 is 0 Å². The first-order valence-electron chi connectivity index (χ1n) is 7.76. The maximum Gasteiger partial charge on any atom is 0.169 e. The molecule has 2 rings (SSSR count). The van der Waals surface area contributed by atoms with Gasteiger partial charge in [0.05, 0.1) is 0 Å². The molecule has 0 spiro atoms. The fourth-order valence-electron chi connectivity index (χ4n) is 2.37. The lowest BCUT2D eigenvalue weighted by Gasteiger charge is -2.35. The minimum Gasteiger partial charge on any atom is -0.359 e. The normalized spacial score (nSPS) is 16.0. The van der Waals surface area contributed by atoms with E-state index >= 15 is 0 Å². The van der Waals surface area contributed by atoms with E-state index in [4.69, 9.17) is 12.2 Å². The lowest BCUT2D eigenvalue weighted by Crippen LogP contribution is -2.51. The molecule has 1 heterocycles. The third-order valence-corrected chi connectivity index (χ3v) is 4.08. The number of hydrogen-bond acceptors (Lipinski definition) is 2. The zero-order valence-electron chi connectivity index (χ0n) is 13.3. The predicted octanol–water partition coefficient (Wildman–Crippen LogP) is 2.77. The molecule has 0 bridgehead atoms. The molecule has 1 aromatic rings. The van der Waals surface area contributed by atoms with Crippen molar-refractivity contribution < 1.29 is 0 Å². The maximum absolute atomic E-state index is 5.42. The lowest BCUT2D eigenvalue weighted by atomic mass is 10.2. The van der Waals surface area contributed by atoms with Gasteiger partial charge in [0.25, 0.3) is 0 Å². The average Bonchev–Trinajstić information content (AvgIpc) is 2.54. The Labute approximate surface area is 139 Å². The quantitative estimate of drug-likeness (QED) is 0.665. The molecule has 1 aliphatic heterocycles. The average molecular weight is 315 g/mol. The van der Waals surface area contributed by atoms with Crippen LogP contribution in [0.25, 0.3) is 6.08 Å². The molecular weight excluding hydrogens is 290 g/mol. The van der Waals surface area contributed by atoms with Gasteiger partial charge in [0.15, 0.2) is 5.11 Å². The van der Waals surface area contributed by atoms with Crippen LogP contribution in [0.1, 0.15) is 12.5 Å². The van der Waals surface area contributed by atoms with Crippen molar-refractivity contribution in [1.29, 1.82) is 0 Å². The molecule has 0 unspecified atom stereocenters. The second kappa shape index (κ2) is 8.71. The monoisotopic (exact) mass is 315 g/mol. The van der Waals surface area contributed by atoms with E-state index in [0.717, 1.165) is 50.0 Å². The molecule has 1 saturated heterocycles. The Morgan fingerprint density at radius 2 is 1.91 bits per heavy atom. The van der Waals surface area contributed by atoms with Crippen LogP contribution in [0.15, 0.2) is 48.6 Å². The molecular formula is C18H25N3S. The van der Waals surface area contributed by atoms with Crippen molar-refractivity contribution in [2.45, 2.75) is 6.92 Å². The van der Waals surface area contributed by atoms with Crippen LogP contribution in [-0.4, -0.2) is 54.2 Å².